The standard InChI is InChI=1S/C22H26F2N2O3S/c1-3-15(2)30(28,29)26-11-10-25-22(27)18(14-26)12-16-6-4-5-7-19(16)17-8-9-20(23)21(24)13-17/h4-9,13,15,18H,3,10-12,14H2,1-2H3,(H,25,27). The number of rotatable bonds is 6. The van der Waals surface area contributed by atoms with E-state index >= 15 is 0 Å². The molecule has 0 spiro atoms. The maximum atomic E-state index is 13.8. The van der Waals surface area contributed by atoms with Crippen LogP contribution in [0, 0.1) is 17.6 Å². The predicted molar refractivity (Wildman–Crippen MR) is 112 cm³/mol. The monoisotopic (exact) mass is 436 g/mol. The third-order valence-electron chi connectivity index (χ3n) is 5.61. The maximum absolute atomic E-state index is 13.8. The molecule has 1 fully saturated rings. The first kappa shape index (κ1) is 22.4. The van der Waals surface area contributed by atoms with Crippen LogP contribution in [0.2, 0.25) is 0 Å². The normalized spacial score (nSPS) is 19.2. The number of benzene rings is 2. The lowest BCUT2D eigenvalue weighted by atomic mass is 9.91. The molecule has 0 aliphatic carbocycles. The van der Waals surface area contributed by atoms with Crippen LogP contribution < -0.4 is 5.32 Å². The first-order valence-corrected chi connectivity index (χ1v) is 11.5. The molecule has 1 saturated heterocycles. The molecule has 0 radical (unpaired) electrons. The minimum absolute atomic E-state index is 0.0879. The van der Waals surface area contributed by atoms with E-state index in [9.17, 15) is 22.0 Å². The number of sulfonamides is 1. The number of nitrogens with zero attached hydrogens (tertiary/aromatic N) is 1. The van der Waals surface area contributed by atoms with Gasteiger partial charge in [-0.2, -0.15) is 4.31 Å². The first-order chi connectivity index (χ1) is 14.2. The van der Waals surface area contributed by atoms with Gasteiger partial charge in [-0.25, -0.2) is 17.2 Å². The summed E-state index contributed by atoms with van der Waals surface area (Å²) in [5.41, 5.74) is 1.96. The number of nitrogens with one attached hydrogen (secondary N) is 1. The molecule has 2 aromatic carbocycles. The van der Waals surface area contributed by atoms with Gasteiger partial charge in [0, 0.05) is 19.6 Å². The van der Waals surface area contributed by atoms with Crippen LogP contribution in [0.25, 0.3) is 11.1 Å². The average Bonchev–Trinajstić information content (AvgIpc) is 2.92. The smallest absolute Gasteiger partial charge is 0.224 e. The van der Waals surface area contributed by atoms with Crippen LogP contribution in [0.5, 0.6) is 0 Å². The van der Waals surface area contributed by atoms with E-state index in [1.165, 1.54) is 10.4 Å². The first-order valence-electron chi connectivity index (χ1n) is 10.0. The van der Waals surface area contributed by atoms with Gasteiger partial charge < -0.3 is 5.32 Å². The minimum Gasteiger partial charge on any atom is -0.354 e. The molecule has 2 atom stereocenters. The minimum atomic E-state index is -3.51. The summed E-state index contributed by atoms with van der Waals surface area (Å²) >= 11 is 0. The van der Waals surface area contributed by atoms with Gasteiger partial charge in [0.15, 0.2) is 11.6 Å². The molecule has 1 aliphatic heterocycles. The second kappa shape index (κ2) is 9.22. The molecule has 8 heteroatoms. The van der Waals surface area contributed by atoms with E-state index in [-0.39, 0.29) is 32.0 Å². The van der Waals surface area contributed by atoms with Crippen molar-refractivity contribution < 1.29 is 22.0 Å². The van der Waals surface area contributed by atoms with Gasteiger partial charge >= 0.3 is 0 Å². The number of hydrogen-bond acceptors (Lipinski definition) is 3. The number of carbonyl (C=O) groups is 1. The van der Waals surface area contributed by atoms with Crippen LogP contribution in [0.1, 0.15) is 25.8 Å². The second-order valence-electron chi connectivity index (χ2n) is 7.60. The van der Waals surface area contributed by atoms with Gasteiger partial charge in [0.2, 0.25) is 15.9 Å². The molecule has 0 aromatic heterocycles. The predicted octanol–water partition coefficient (Wildman–Crippen LogP) is 3.35. The SMILES string of the molecule is CCC(C)S(=O)(=O)N1CCNC(=O)C(Cc2ccccc2-c2ccc(F)c(F)c2)C1. The van der Waals surface area contributed by atoms with Gasteiger partial charge in [-0.1, -0.05) is 37.3 Å². The molecular formula is C22H26F2N2O3S. The third kappa shape index (κ3) is 4.70. The number of amides is 1. The molecule has 162 valence electrons. The Morgan fingerprint density at radius 3 is 2.60 bits per heavy atom. The summed E-state index contributed by atoms with van der Waals surface area (Å²) < 4.78 is 54.2. The molecule has 1 N–H and O–H groups in total. The largest absolute Gasteiger partial charge is 0.354 e. The fourth-order valence-corrected chi connectivity index (χ4v) is 5.29. The highest BCUT2D eigenvalue weighted by molar-refractivity contribution is 7.89. The lowest BCUT2D eigenvalue weighted by molar-refractivity contribution is -0.124. The highest BCUT2D eigenvalue weighted by atomic mass is 32.2. The zero-order chi connectivity index (χ0) is 21.9. The van der Waals surface area contributed by atoms with Crippen molar-refractivity contribution in [3.05, 3.63) is 59.7 Å². The summed E-state index contributed by atoms with van der Waals surface area (Å²) in [5, 5.41) is 2.27. The number of halogens is 2. The summed E-state index contributed by atoms with van der Waals surface area (Å²) in [6, 6.07) is 10.9. The lowest BCUT2D eigenvalue weighted by Crippen LogP contribution is -2.41. The molecule has 2 aromatic rings. The van der Waals surface area contributed by atoms with Crippen LogP contribution >= 0.6 is 0 Å². The third-order valence-corrected chi connectivity index (χ3v) is 8.01. The van der Waals surface area contributed by atoms with Crippen molar-refractivity contribution in [1.29, 1.82) is 0 Å². The van der Waals surface area contributed by atoms with E-state index in [1.807, 2.05) is 13.0 Å². The molecule has 30 heavy (non-hydrogen) atoms. The molecule has 0 saturated carbocycles. The van der Waals surface area contributed by atoms with Crippen molar-refractivity contribution in [1.82, 2.24) is 9.62 Å². The van der Waals surface area contributed by atoms with Crippen molar-refractivity contribution in [2.24, 2.45) is 5.92 Å². The highest BCUT2D eigenvalue weighted by Gasteiger charge is 2.34. The van der Waals surface area contributed by atoms with E-state index in [2.05, 4.69) is 5.32 Å². The fraction of sp³-hybridized carbons (Fsp3) is 0.409. The van der Waals surface area contributed by atoms with Gasteiger partial charge in [0.1, 0.15) is 0 Å². The Kier molecular flexibility index (Phi) is 6.88. The maximum Gasteiger partial charge on any atom is 0.224 e. The summed E-state index contributed by atoms with van der Waals surface area (Å²) in [5.74, 6) is -2.67. The van der Waals surface area contributed by atoms with Gasteiger partial charge in [-0.3, -0.25) is 4.79 Å². The van der Waals surface area contributed by atoms with Crippen molar-refractivity contribution >= 4 is 15.9 Å². The second-order valence-corrected chi connectivity index (χ2v) is 9.95. The number of carbonyl (C=O) groups excluding carboxylic acids is 1. The molecule has 1 heterocycles. The van der Waals surface area contributed by atoms with Crippen LogP contribution in [0.3, 0.4) is 0 Å². The van der Waals surface area contributed by atoms with Gasteiger partial charge in [-0.15, -0.1) is 0 Å². The Bertz CT molecular complexity index is 1030. The summed E-state index contributed by atoms with van der Waals surface area (Å²) in [6.07, 6.45) is 0.775. The van der Waals surface area contributed by atoms with Crippen molar-refractivity contribution in [2.75, 3.05) is 19.6 Å². The summed E-state index contributed by atoms with van der Waals surface area (Å²) in [7, 11) is -3.51. The van der Waals surface area contributed by atoms with Crippen LogP contribution in [0.15, 0.2) is 42.5 Å². The molecule has 1 amide bonds. The van der Waals surface area contributed by atoms with Gasteiger partial charge in [-0.05, 0) is 48.6 Å². The quantitative estimate of drug-likeness (QED) is 0.755. The topological polar surface area (TPSA) is 66.5 Å². The average molecular weight is 437 g/mol. The Hall–Kier alpha value is -2.32. The summed E-state index contributed by atoms with van der Waals surface area (Å²) in [6.45, 7) is 4.07. The van der Waals surface area contributed by atoms with E-state index in [4.69, 9.17) is 0 Å². The van der Waals surface area contributed by atoms with Crippen LogP contribution in [-0.2, 0) is 21.2 Å². The molecular weight excluding hydrogens is 410 g/mol. The van der Waals surface area contributed by atoms with Crippen molar-refractivity contribution in [3.63, 3.8) is 0 Å². The van der Waals surface area contributed by atoms with Crippen molar-refractivity contribution in [2.45, 2.75) is 31.9 Å². The Morgan fingerprint density at radius 1 is 1.17 bits per heavy atom. The van der Waals surface area contributed by atoms with E-state index < -0.39 is 32.8 Å². The molecule has 1 aliphatic rings. The molecule has 2 unspecified atom stereocenters. The summed E-state index contributed by atoms with van der Waals surface area (Å²) in [4.78, 5) is 12.6. The number of hydrogen-bond donors (Lipinski definition) is 1. The van der Waals surface area contributed by atoms with E-state index in [0.717, 1.165) is 17.7 Å². The lowest BCUT2D eigenvalue weighted by Gasteiger charge is -2.26. The van der Waals surface area contributed by atoms with Gasteiger partial charge in [0.05, 0.1) is 11.2 Å². The Labute approximate surface area is 176 Å². The molecule has 0 bridgehead atoms. The van der Waals surface area contributed by atoms with Crippen LogP contribution in [0.4, 0.5) is 8.78 Å². The van der Waals surface area contributed by atoms with E-state index in [1.54, 1.807) is 25.1 Å². The zero-order valence-electron chi connectivity index (χ0n) is 17.1. The van der Waals surface area contributed by atoms with Crippen molar-refractivity contribution in [3.8, 4) is 11.1 Å². The molecule has 3 rings (SSSR count). The van der Waals surface area contributed by atoms with Gasteiger partial charge in [0.25, 0.3) is 0 Å². The van der Waals surface area contributed by atoms with E-state index in [0.29, 0.717) is 17.5 Å². The Morgan fingerprint density at radius 2 is 1.90 bits per heavy atom. The van der Waals surface area contributed by atoms with Crippen LogP contribution in [-0.4, -0.2) is 43.5 Å². The highest BCUT2D eigenvalue weighted by Crippen LogP contribution is 2.28. The zero-order valence-corrected chi connectivity index (χ0v) is 17.9. The Balaban J connectivity index is 1.91. The fourth-order valence-electron chi connectivity index (χ4n) is 3.63. The molecule has 5 nitrogen and oxygen atoms in total.